The summed E-state index contributed by atoms with van der Waals surface area (Å²) in [5, 5.41) is 3.16. The molecule has 1 fully saturated rings. The van der Waals surface area contributed by atoms with E-state index in [2.05, 4.69) is 28.2 Å². The second kappa shape index (κ2) is 10.5. The number of nitrogens with zero attached hydrogens (tertiary/aromatic N) is 5. The van der Waals surface area contributed by atoms with Gasteiger partial charge in [0.2, 0.25) is 0 Å². The lowest BCUT2D eigenvalue weighted by Crippen LogP contribution is -2.29. The molecule has 0 radical (unpaired) electrons. The summed E-state index contributed by atoms with van der Waals surface area (Å²) in [6.07, 6.45) is -1.96. The maximum Gasteiger partial charge on any atom is 0.490 e. The largest absolute Gasteiger partial charge is 0.490 e. The average molecular weight is 522 g/mol. The van der Waals surface area contributed by atoms with Crippen molar-refractivity contribution in [3.8, 4) is 0 Å². The molecule has 0 spiro atoms. The molecule has 1 aliphatic heterocycles. The fraction of sp³-hybridized carbons (Fsp3) is 0.600. The summed E-state index contributed by atoms with van der Waals surface area (Å²) in [5.41, 5.74) is 13.0. The van der Waals surface area contributed by atoms with Crippen molar-refractivity contribution in [1.82, 2.24) is 9.55 Å². The molecular weight excluding hydrogens is 505 g/mol. The van der Waals surface area contributed by atoms with Gasteiger partial charge >= 0.3 is 29.2 Å². The van der Waals surface area contributed by atoms with Crippen LogP contribution in [0.15, 0.2) is 22.2 Å². The van der Waals surface area contributed by atoms with Gasteiger partial charge in [0.25, 0.3) is 0 Å². The van der Waals surface area contributed by atoms with Crippen LogP contribution in [0.1, 0.15) is 12.6 Å². The molecule has 1 saturated heterocycles. The van der Waals surface area contributed by atoms with Crippen LogP contribution in [0.3, 0.4) is 0 Å². The molecule has 1 aliphatic rings. The van der Waals surface area contributed by atoms with Gasteiger partial charge in [-0.25, -0.2) is 18.5 Å². The molecule has 0 amide bonds. The van der Waals surface area contributed by atoms with Gasteiger partial charge in [-0.1, -0.05) is 5.11 Å². The van der Waals surface area contributed by atoms with E-state index in [0.29, 0.717) is 0 Å². The van der Waals surface area contributed by atoms with Crippen LogP contribution in [-0.2, 0) is 36.3 Å². The molecule has 5 atom stereocenters. The topological polar surface area (TPSA) is 288 Å². The van der Waals surface area contributed by atoms with Gasteiger partial charge in [-0.2, -0.15) is 13.6 Å². The van der Waals surface area contributed by atoms with Crippen molar-refractivity contribution in [3.05, 3.63) is 33.2 Å². The Morgan fingerprint density at radius 2 is 1.97 bits per heavy atom. The Hall–Kier alpha value is -1.68. The Balaban J connectivity index is 2.11. The van der Waals surface area contributed by atoms with E-state index < -0.39 is 60.9 Å². The SMILES string of the molecule is [N-]=[N+]=NCO[C@@H]1C[C@H](n2ccc(N)nc2=O)O[C@@H]1COP(=O)(O)OP(=O)(O)OP(=O)(O)O. The van der Waals surface area contributed by atoms with Gasteiger partial charge in [-0.3, -0.25) is 9.09 Å². The summed E-state index contributed by atoms with van der Waals surface area (Å²) in [5.74, 6) is -0.0513. The molecule has 0 aliphatic carbocycles. The van der Waals surface area contributed by atoms with Crippen LogP contribution in [-0.4, -0.2) is 54.7 Å². The van der Waals surface area contributed by atoms with Crippen LogP contribution in [0.25, 0.3) is 10.4 Å². The normalized spacial score (nSPS) is 24.9. The van der Waals surface area contributed by atoms with Gasteiger partial charge in [-0.05, 0) is 11.6 Å². The second-order valence-corrected chi connectivity index (χ2v) is 10.3. The number of azide groups is 1. The van der Waals surface area contributed by atoms with E-state index >= 15 is 0 Å². The van der Waals surface area contributed by atoms with Crippen molar-refractivity contribution >= 4 is 29.3 Å². The minimum atomic E-state index is -5.70. The first kappa shape index (κ1) is 26.6. The number of anilines is 1. The number of phosphoric acid groups is 3. The lowest BCUT2D eigenvalue weighted by molar-refractivity contribution is -0.0600. The highest BCUT2D eigenvalue weighted by molar-refractivity contribution is 7.66. The third-order valence-electron chi connectivity index (χ3n) is 3.57. The number of ether oxygens (including phenoxy) is 2. The predicted octanol–water partition coefficient (Wildman–Crippen LogP) is 0.109. The predicted molar refractivity (Wildman–Crippen MR) is 100 cm³/mol. The zero-order chi connectivity index (χ0) is 24.2. The van der Waals surface area contributed by atoms with Crippen LogP contribution < -0.4 is 11.4 Å². The Morgan fingerprint density at radius 1 is 1.28 bits per heavy atom. The van der Waals surface area contributed by atoms with Gasteiger partial charge < -0.3 is 34.8 Å². The lowest BCUT2D eigenvalue weighted by atomic mass is 10.2. The zero-order valence-corrected chi connectivity index (χ0v) is 18.3. The molecule has 1 aromatic rings. The van der Waals surface area contributed by atoms with E-state index in [1.165, 1.54) is 12.3 Å². The number of rotatable bonds is 11. The van der Waals surface area contributed by atoms with E-state index in [-0.39, 0.29) is 12.2 Å². The molecule has 2 rings (SSSR count). The molecule has 2 unspecified atom stereocenters. The van der Waals surface area contributed by atoms with Crippen molar-refractivity contribution in [2.45, 2.75) is 24.9 Å². The Bertz CT molecular complexity index is 1070. The third kappa shape index (κ3) is 8.35. The van der Waals surface area contributed by atoms with Gasteiger partial charge in [0.05, 0.1) is 12.7 Å². The number of hydrogen-bond donors (Lipinski definition) is 5. The number of phosphoric ester groups is 1. The summed E-state index contributed by atoms with van der Waals surface area (Å²) in [6, 6.07) is 1.31. The average Bonchev–Trinajstić information content (AvgIpc) is 3.00. The van der Waals surface area contributed by atoms with Gasteiger partial charge in [0.1, 0.15) is 24.9 Å². The van der Waals surface area contributed by atoms with Crippen LogP contribution in [0.2, 0.25) is 0 Å². The first-order valence-electron chi connectivity index (χ1n) is 8.12. The minimum absolute atomic E-state index is 0.0448. The maximum atomic E-state index is 12.0. The molecule has 0 bridgehead atoms. The fourth-order valence-electron chi connectivity index (χ4n) is 2.47. The van der Waals surface area contributed by atoms with Gasteiger partial charge in [0, 0.05) is 17.5 Å². The quantitative estimate of drug-likeness (QED) is 0.111. The molecule has 19 nitrogen and oxygen atoms in total. The Labute approximate surface area is 177 Å². The van der Waals surface area contributed by atoms with Crippen molar-refractivity contribution in [3.63, 3.8) is 0 Å². The molecule has 6 N–H and O–H groups in total. The molecular formula is C10H17N6O13P3. The highest BCUT2D eigenvalue weighted by Crippen LogP contribution is 2.66. The van der Waals surface area contributed by atoms with E-state index in [4.69, 9.17) is 35.4 Å². The minimum Gasteiger partial charge on any atom is -0.383 e. The molecule has 0 saturated carbocycles. The maximum absolute atomic E-state index is 12.0. The smallest absolute Gasteiger partial charge is 0.383 e. The van der Waals surface area contributed by atoms with Crippen molar-refractivity contribution in [2.24, 2.45) is 5.11 Å². The van der Waals surface area contributed by atoms with Crippen molar-refractivity contribution in [1.29, 1.82) is 0 Å². The van der Waals surface area contributed by atoms with Crippen LogP contribution in [0, 0.1) is 0 Å². The standard InChI is InChI=1S/C10H17N6O13P3/c11-8-1-2-16(10(17)14-8)9-3-6(25-5-13-15-12)7(27-9)4-26-31(21,22)29-32(23,24)28-30(18,19)20/h1-2,6-7,9H,3-5H2,(H,21,22)(H,23,24)(H2,11,14,17)(H2,18,19,20)/t6-,7-,9-/m1/s1. The Morgan fingerprint density at radius 3 is 2.56 bits per heavy atom. The van der Waals surface area contributed by atoms with Gasteiger partial charge in [0.15, 0.2) is 0 Å². The van der Waals surface area contributed by atoms with E-state index in [9.17, 15) is 23.4 Å². The van der Waals surface area contributed by atoms with Crippen molar-refractivity contribution < 1.29 is 55.9 Å². The van der Waals surface area contributed by atoms with Crippen LogP contribution >= 0.6 is 23.5 Å². The van der Waals surface area contributed by atoms with E-state index in [0.717, 1.165) is 4.57 Å². The first-order valence-corrected chi connectivity index (χ1v) is 12.6. The summed E-state index contributed by atoms with van der Waals surface area (Å²) in [6.45, 7) is -1.31. The number of nitrogens with two attached hydrogens (primary N) is 1. The van der Waals surface area contributed by atoms with E-state index in [1.807, 2.05) is 0 Å². The number of nitrogen functional groups attached to an aromatic ring is 1. The van der Waals surface area contributed by atoms with Crippen LogP contribution in [0.5, 0.6) is 0 Å². The second-order valence-electron chi connectivity index (χ2n) is 5.86. The third-order valence-corrected chi connectivity index (χ3v) is 7.37. The Kier molecular flexibility index (Phi) is 8.72. The summed E-state index contributed by atoms with van der Waals surface area (Å²) in [7, 11) is -16.7. The van der Waals surface area contributed by atoms with Gasteiger partial charge in [-0.15, -0.1) is 0 Å². The lowest BCUT2D eigenvalue weighted by Gasteiger charge is -2.20. The van der Waals surface area contributed by atoms with Crippen molar-refractivity contribution in [2.75, 3.05) is 19.1 Å². The molecule has 32 heavy (non-hydrogen) atoms. The monoisotopic (exact) mass is 522 g/mol. The molecule has 22 heteroatoms. The summed E-state index contributed by atoms with van der Waals surface area (Å²) < 4.78 is 57.5. The van der Waals surface area contributed by atoms with Crippen LogP contribution in [0.4, 0.5) is 5.82 Å². The zero-order valence-electron chi connectivity index (χ0n) is 15.6. The highest BCUT2D eigenvalue weighted by Gasteiger charge is 2.43. The fourth-order valence-corrected chi connectivity index (χ4v) is 5.50. The highest BCUT2D eigenvalue weighted by atomic mass is 31.3. The van der Waals surface area contributed by atoms with E-state index in [1.54, 1.807) is 0 Å². The molecule has 0 aromatic carbocycles. The first-order chi connectivity index (χ1) is 14.7. The molecule has 1 aromatic heterocycles. The number of hydrogen-bond acceptors (Lipinski definition) is 12. The summed E-state index contributed by atoms with van der Waals surface area (Å²) in [4.78, 5) is 53.8. The molecule has 2 heterocycles. The number of aromatic nitrogens is 2. The molecule has 180 valence electrons. The summed E-state index contributed by atoms with van der Waals surface area (Å²) >= 11 is 0.